The number of carbonyl (C=O) groups excluding carboxylic acids is 1. The smallest absolute Gasteiger partial charge is 0.231 e. The Morgan fingerprint density at radius 2 is 1.86 bits per heavy atom. The Balaban J connectivity index is 1.50. The number of benzene rings is 2. The molecule has 1 aliphatic rings. The number of anilines is 3. The molecular formula is C21H17N5O3. The van der Waals surface area contributed by atoms with E-state index in [0.29, 0.717) is 17.2 Å². The number of fused-ring (bicyclic) bond motifs is 2. The number of nitrogens with one attached hydrogen (secondary N) is 2. The van der Waals surface area contributed by atoms with Crippen LogP contribution in [0.25, 0.3) is 16.9 Å². The Labute approximate surface area is 166 Å². The fourth-order valence-electron chi connectivity index (χ4n) is 3.19. The molecule has 0 atom stereocenters. The molecule has 0 fully saturated rings. The van der Waals surface area contributed by atoms with E-state index < -0.39 is 0 Å². The van der Waals surface area contributed by atoms with Crippen LogP contribution < -0.4 is 20.1 Å². The van der Waals surface area contributed by atoms with E-state index in [4.69, 9.17) is 14.5 Å². The predicted molar refractivity (Wildman–Crippen MR) is 109 cm³/mol. The van der Waals surface area contributed by atoms with Gasteiger partial charge in [-0.2, -0.15) is 0 Å². The molecule has 0 saturated carbocycles. The van der Waals surface area contributed by atoms with E-state index >= 15 is 0 Å². The number of amides is 1. The first-order valence-electron chi connectivity index (χ1n) is 9.04. The van der Waals surface area contributed by atoms with Crippen LogP contribution in [0, 0.1) is 0 Å². The first-order valence-corrected chi connectivity index (χ1v) is 9.04. The molecule has 2 N–H and O–H groups in total. The summed E-state index contributed by atoms with van der Waals surface area (Å²) in [4.78, 5) is 20.4. The number of nitrogens with zero attached hydrogens (tertiary/aromatic N) is 3. The second-order valence-corrected chi connectivity index (χ2v) is 6.58. The summed E-state index contributed by atoms with van der Waals surface area (Å²) in [7, 11) is 0. The summed E-state index contributed by atoms with van der Waals surface area (Å²) < 4.78 is 12.8. The molecule has 8 heteroatoms. The second kappa shape index (κ2) is 6.83. The first-order chi connectivity index (χ1) is 14.2. The summed E-state index contributed by atoms with van der Waals surface area (Å²) in [5.74, 6) is 1.95. The molecule has 29 heavy (non-hydrogen) atoms. The SMILES string of the molecule is CC(=O)Nc1ccc(Nc2nc(-c3ccc4c(c3)OCO4)cn3ccnc23)cc1. The molecule has 3 heterocycles. The van der Waals surface area contributed by atoms with Crippen molar-refractivity contribution in [2.45, 2.75) is 6.92 Å². The third kappa shape index (κ3) is 3.31. The number of aromatic nitrogens is 3. The largest absolute Gasteiger partial charge is 0.454 e. The van der Waals surface area contributed by atoms with E-state index in [1.54, 1.807) is 6.20 Å². The Bertz CT molecular complexity index is 1220. The minimum Gasteiger partial charge on any atom is -0.454 e. The Morgan fingerprint density at radius 3 is 2.69 bits per heavy atom. The zero-order chi connectivity index (χ0) is 19.8. The highest BCUT2D eigenvalue weighted by molar-refractivity contribution is 5.89. The van der Waals surface area contributed by atoms with Crippen molar-refractivity contribution < 1.29 is 14.3 Å². The van der Waals surface area contributed by atoms with Crippen LogP contribution in [0.5, 0.6) is 11.5 Å². The maximum Gasteiger partial charge on any atom is 0.231 e. The highest BCUT2D eigenvalue weighted by Crippen LogP contribution is 2.36. The van der Waals surface area contributed by atoms with Crippen LogP contribution >= 0.6 is 0 Å². The third-order valence-electron chi connectivity index (χ3n) is 4.51. The first kappa shape index (κ1) is 17.1. The lowest BCUT2D eigenvalue weighted by Gasteiger charge is -2.11. The molecule has 0 saturated heterocycles. The van der Waals surface area contributed by atoms with E-state index in [1.165, 1.54) is 6.92 Å². The van der Waals surface area contributed by atoms with Gasteiger partial charge in [0, 0.05) is 42.5 Å². The molecule has 8 nitrogen and oxygen atoms in total. The van der Waals surface area contributed by atoms with Gasteiger partial charge in [-0.25, -0.2) is 9.97 Å². The summed E-state index contributed by atoms with van der Waals surface area (Å²) in [6.45, 7) is 1.71. The van der Waals surface area contributed by atoms with Crippen molar-refractivity contribution in [3.63, 3.8) is 0 Å². The lowest BCUT2D eigenvalue weighted by Crippen LogP contribution is -2.05. The summed E-state index contributed by atoms with van der Waals surface area (Å²) in [5, 5.41) is 6.06. The van der Waals surface area contributed by atoms with Gasteiger partial charge in [0.25, 0.3) is 0 Å². The van der Waals surface area contributed by atoms with E-state index in [2.05, 4.69) is 15.6 Å². The summed E-state index contributed by atoms with van der Waals surface area (Å²) in [5.41, 5.74) is 3.95. The van der Waals surface area contributed by atoms with E-state index in [-0.39, 0.29) is 12.7 Å². The fourth-order valence-corrected chi connectivity index (χ4v) is 3.19. The summed E-state index contributed by atoms with van der Waals surface area (Å²) in [6.07, 6.45) is 5.52. The van der Waals surface area contributed by atoms with Gasteiger partial charge in [0.2, 0.25) is 12.7 Å². The van der Waals surface area contributed by atoms with Crippen LogP contribution in [0.1, 0.15) is 6.92 Å². The highest BCUT2D eigenvalue weighted by atomic mass is 16.7. The minimum atomic E-state index is -0.108. The predicted octanol–water partition coefficient (Wildman–Crippen LogP) is 3.83. The lowest BCUT2D eigenvalue weighted by molar-refractivity contribution is -0.114. The van der Waals surface area contributed by atoms with Gasteiger partial charge in [-0.15, -0.1) is 0 Å². The standard InChI is InChI=1S/C21H17N5O3/c1-13(27)23-15-3-5-16(6-4-15)24-20-21-22-8-9-26(21)11-17(25-20)14-2-7-18-19(10-14)29-12-28-18/h2-11H,12H2,1H3,(H,23,27)(H,24,25). The second-order valence-electron chi connectivity index (χ2n) is 6.58. The van der Waals surface area contributed by atoms with Gasteiger partial charge in [0.05, 0.1) is 5.69 Å². The van der Waals surface area contributed by atoms with Gasteiger partial charge in [0.15, 0.2) is 23.0 Å². The highest BCUT2D eigenvalue weighted by Gasteiger charge is 2.16. The molecule has 2 aromatic carbocycles. The molecule has 144 valence electrons. The van der Waals surface area contributed by atoms with Gasteiger partial charge >= 0.3 is 0 Å². The van der Waals surface area contributed by atoms with E-state index in [1.807, 2.05) is 59.3 Å². The van der Waals surface area contributed by atoms with Crippen LogP contribution in [-0.2, 0) is 4.79 Å². The van der Waals surface area contributed by atoms with Crippen molar-refractivity contribution in [3.05, 3.63) is 61.1 Å². The average molecular weight is 387 g/mol. The molecule has 0 bridgehead atoms. The van der Waals surface area contributed by atoms with Crippen molar-refractivity contribution in [2.24, 2.45) is 0 Å². The quantitative estimate of drug-likeness (QED) is 0.553. The summed E-state index contributed by atoms with van der Waals surface area (Å²) >= 11 is 0. The van der Waals surface area contributed by atoms with Gasteiger partial charge < -0.3 is 24.5 Å². The Kier molecular flexibility index (Phi) is 4.02. The van der Waals surface area contributed by atoms with Crippen molar-refractivity contribution >= 4 is 28.7 Å². The fraction of sp³-hybridized carbons (Fsp3) is 0.0952. The molecule has 1 amide bonds. The number of ether oxygens (including phenoxy) is 2. The van der Waals surface area contributed by atoms with E-state index in [9.17, 15) is 4.79 Å². The lowest BCUT2D eigenvalue weighted by atomic mass is 10.1. The number of hydrogen-bond acceptors (Lipinski definition) is 6. The molecule has 5 rings (SSSR count). The van der Waals surface area contributed by atoms with Crippen LogP contribution in [0.2, 0.25) is 0 Å². The maximum absolute atomic E-state index is 11.2. The van der Waals surface area contributed by atoms with Crippen LogP contribution in [0.15, 0.2) is 61.1 Å². The molecule has 0 spiro atoms. The van der Waals surface area contributed by atoms with Crippen molar-refractivity contribution in [3.8, 4) is 22.8 Å². The van der Waals surface area contributed by atoms with Gasteiger partial charge in [-0.1, -0.05) is 0 Å². The number of imidazole rings is 1. The minimum absolute atomic E-state index is 0.108. The van der Waals surface area contributed by atoms with Crippen molar-refractivity contribution in [2.75, 3.05) is 17.4 Å². The average Bonchev–Trinajstić information content (AvgIpc) is 3.37. The third-order valence-corrected chi connectivity index (χ3v) is 4.51. The van der Waals surface area contributed by atoms with Crippen LogP contribution in [0.4, 0.5) is 17.2 Å². The van der Waals surface area contributed by atoms with Gasteiger partial charge in [-0.05, 0) is 42.5 Å². The summed E-state index contributed by atoms with van der Waals surface area (Å²) in [6, 6.07) is 13.1. The van der Waals surface area contributed by atoms with Crippen LogP contribution in [-0.4, -0.2) is 27.1 Å². The molecule has 2 aromatic heterocycles. The van der Waals surface area contributed by atoms with Crippen molar-refractivity contribution in [1.82, 2.24) is 14.4 Å². The molecule has 4 aromatic rings. The monoisotopic (exact) mass is 387 g/mol. The van der Waals surface area contributed by atoms with Gasteiger partial charge in [-0.3, -0.25) is 4.79 Å². The van der Waals surface area contributed by atoms with E-state index in [0.717, 1.165) is 28.4 Å². The topological polar surface area (TPSA) is 89.8 Å². The molecule has 0 radical (unpaired) electrons. The molecule has 0 unspecified atom stereocenters. The zero-order valence-corrected chi connectivity index (χ0v) is 15.5. The zero-order valence-electron chi connectivity index (χ0n) is 15.5. The van der Waals surface area contributed by atoms with Crippen molar-refractivity contribution in [1.29, 1.82) is 0 Å². The number of carbonyl (C=O) groups is 1. The normalized spacial score (nSPS) is 12.2. The maximum atomic E-state index is 11.2. The molecular weight excluding hydrogens is 370 g/mol. The molecule has 0 aliphatic carbocycles. The van der Waals surface area contributed by atoms with Crippen LogP contribution in [0.3, 0.4) is 0 Å². The number of rotatable bonds is 4. The Morgan fingerprint density at radius 1 is 1.07 bits per heavy atom. The Hall–Kier alpha value is -4.07. The van der Waals surface area contributed by atoms with Gasteiger partial charge in [0.1, 0.15) is 0 Å². The molecule has 1 aliphatic heterocycles. The number of hydrogen-bond donors (Lipinski definition) is 2.